The molecule has 0 spiro atoms. The molecule has 19 heavy (non-hydrogen) atoms. The maximum absolute atomic E-state index is 9.09. The van der Waals surface area contributed by atoms with Gasteiger partial charge in [0.1, 0.15) is 6.07 Å². The van der Waals surface area contributed by atoms with Crippen molar-refractivity contribution in [2.24, 2.45) is 0 Å². The molecule has 0 fully saturated rings. The third-order valence-corrected chi connectivity index (χ3v) is 3.18. The molecule has 0 bridgehead atoms. The molecule has 0 unspecified atom stereocenters. The van der Waals surface area contributed by atoms with Crippen LogP contribution >= 0.6 is 0 Å². The number of nitriles is 1. The van der Waals surface area contributed by atoms with Crippen molar-refractivity contribution in [3.8, 4) is 6.07 Å². The second-order valence-corrected chi connectivity index (χ2v) is 4.63. The van der Waals surface area contributed by atoms with Crippen molar-refractivity contribution in [3.63, 3.8) is 0 Å². The maximum Gasteiger partial charge on any atom is 0.101 e. The van der Waals surface area contributed by atoms with Gasteiger partial charge in [0.2, 0.25) is 0 Å². The van der Waals surface area contributed by atoms with Crippen LogP contribution in [0.1, 0.15) is 23.1 Å². The van der Waals surface area contributed by atoms with Crippen LogP contribution in [-0.4, -0.2) is 6.54 Å². The smallest absolute Gasteiger partial charge is 0.101 e. The van der Waals surface area contributed by atoms with Crippen LogP contribution in [-0.2, 0) is 6.42 Å². The summed E-state index contributed by atoms with van der Waals surface area (Å²) in [6, 6.07) is 18.5. The van der Waals surface area contributed by atoms with E-state index in [2.05, 4.69) is 35.7 Å². The van der Waals surface area contributed by atoms with Crippen LogP contribution in [0, 0.1) is 18.3 Å². The van der Waals surface area contributed by atoms with Crippen molar-refractivity contribution >= 4 is 5.69 Å². The molecule has 2 nitrogen and oxygen atoms in total. The summed E-state index contributed by atoms with van der Waals surface area (Å²) >= 11 is 0. The third kappa shape index (κ3) is 3.59. The van der Waals surface area contributed by atoms with Crippen LogP contribution < -0.4 is 5.32 Å². The predicted octanol–water partition coefficient (Wildman–Crippen LogP) is 3.91. The van der Waals surface area contributed by atoms with Gasteiger partial charge in [-0.3, -0.25) is 0 Å². The Morgan fingerprint density at radius 1 is 1.05 bits per heavy atom. The average molecular weight is 250 g/mol. The Morgan fingerprint density at radius 2 is 1.84 bits per heavy atom. The fourth-order valence-electron chi connectivity index (χ4n) is 2.15. The molecule has 0 amide bonds. The molecule has 2 aromatic rings. The summed E-state index contributed by atoms with van der Waals surface area (Å²) in [5.41, 5.74) is 4.17. The van der Waals surface area contributed by atoms with E-state index in [1.807, 2.05) is 31.2 Å². The molecule has 0 saturated heterocycles. The van der Waals surface area contributed by atoms with Crippen LogP contribution in [0.2, 0.25) is 0 Å². The number of anilines is 1. The van der Waals surface area contributed by atoms with Crippen LogP contribution in [0.15, 0.2) is 48.5 Å². The highest BCUT2D eigenvalue weighted by atomic mass is 14.9. The zero-order valence-electron chi connectivity index (χ0n) is 11.2. The van der Waals surface area contributed by atoms with Crippen LogP contribution in [0.5, 0.6) is 0 Å². The van der Waals surface area contributed by atoms with E-state index in [1.54, 1.807) is 0 Å². The number of hydrogen-bond acceptors (Lipinski definition) is 2. The Morgan fingerprint density at radius 3 is 2.58 bits per heavy atom. The predicted molar refractivity (Wildman–Crippen MR) is 79.1 cm³/mol. The molecule has 0 saturated carbocycles. The minimum Gasteiger partial charge on any atom is -0.384 e. The lowest BCUT2D eigenvalue weighted by Crippen LogP contribution is -2.06. The van der Waals surface area contributed by atoms with Crippen molar-refractivity contribution in [2.75, 3.05) is 11.9 Å². The average Bonchev–Trinajstić information content (AvgIpc) is 2.46. The zero-order chi connectivity index (χ0) is 13.5. The molecule has 0 aliphatic carbocycles. The lowest BCUT2D eigenvalue weighted by molar-refractivity contribution is 0.862. The van der Waals surface area contributed by atoms with Gasteiger partial charge in [-0.05, 0) is 37.0 Å². The van der Waals surface area contributed by atoms with Crippen molar-refractivity contribution in [1.82, 2.24) is 0 Å². The molecular weight excluding hydrogens is 232 g/mol. The molecule has 0 aromatic heterocycles. The highest BCUT2D eigenvalue weighted by Crippen LogP contribution is 2.19. The molecule has 1 N–H and O–H groups in total. The van der Waals surface area contributed by atoms with Gasteiger partial charge < -0.3 is 5.32 Å². The fourth-order valence-corrected chi connectivity index (χ4v) is 2.15. The molecule has 0 atom stereocenters. The molecule has 2 rings (SSSR count). The van der Waals surface area contributed by atoms with Crippen molar-refractivity contribution < 1.29 is 0 Å². The molecule has 96 valence electrons. The standard InChI is InChI=1S/C17H18N2/c1-14-7-5-11-16(13-18)17(14)19-12-6-10-15-8-3-2-4-9-15/h2-5,7-9,11,19H,6,10,12H2,1H3. The number of para-hydroxylation sites is 1. The first-order chi connectivity index (χ1) is 9.31. The third-order valence-electron chi connectivity index (χ3n) is 3.18. The summed E-state index contributed by atoms with van der Waals surface area (Å²) < 4.78 is 0. The quantitative estimate of drug-likeness (QED) is 0.817. The van der Waals surface area contributed by atoms with Gasteiger partial charge in [-0.1, -0.05) is 42.5 Å². The molecule has 0 heterocycles. The summed E-state index contributed by atoms with van der Waals surface area (Å²) in [5, 5.41) is 12.5. The van der Waals surface area contributed by atoms with Gasteiger partial charge in [-0.25, -0.2) is 0 Å². The Bertz CT molecular complexity index is 568. The first kappa shape index (κ1) is 13.2. The summed E-state index contributed by atoms with van der Waals surface area (Å²) in [7, 11) is 0. The normalized spacial score (nSPS) is 9.89. The first-order valence-corrected chi connectivity index (χ1v) is 6.59. The van der Waals surface area contributed by atoms with Crippen LogP contribution in [0.3, 0.4) is 0 Å². The number of hydrogen-bond donors (Lipinski definition) is 1. The SMILES string of the molecule is Cc1cccc(C#N)c1NCCCc1ccccc1. The molecular formula is C17H18N2. The minimum absolute atomic E-state index is 0.722. The van der Waals surface area contributed by atoms with Crippen molar-refractivity contribution in [3.05, 3.63) is 65.2 Å². The van der Waals surface area contributed by atoms with Gasteiger partial charge in [0.05, 0.1) is 11.3 Å². The topological polar surface area (TPSA) is 35.8 Å². The van der Waals surface area contributed by atoms with E-state index in [9.17, 15) is 0 Å². The van der Waals surface area contributed by atoms with E-state index < -0.39 is 0 Å². The van der Waals surface area contributed by atoms with E-state index in [0.29, 0.717) is 0 Å². The number of rotatable bonds is 5. The Kier molecular flexibility index (Phi) is 4.58. The van der Waals surface area contributed by atoms with Crippen molar-refractivity contribution in [1.29, 1.82) is 5.26 Å². The second-order valence-electron chi connectivity index (χ2n) is 4.63. The van der Waals surface area contributed by atoms with E-state index >= 15 is 0 Å². The summed E-state index contributed by atoms with van der Waals surface area (Å²) in [4.78, 5) is 0. The van der Waals surface area contributed by atoms with Crippen LogP contribution in [0.25, 0.3) is 0 Å². The summed E-state index contributed by atoms with van der Waals surface area (Å²) in [5.74, 6) is 0. The van der Waals surface area contributed by atoms with Gasteiger partial charge in [0.15, 0.2) is 0 Å². The van der Waals surface area contributed by atoms with Gasteiger partial charge in [0, 0.05) is 6.54 Å². The second kappa shape index (κ2) is 6.61. The highest BCUT2D eigenvalue weighted by Gasteiger charge is 2.03. The van der Waals surface area contributed by atoms with Gasteiger partial charge >= 0.3 is 0 Å². The molecule has 2 heteroatoms. The lowest BCUT2D eigenvalue weighted by atomic mass is 10.1. The van der Waals surface area contributed by atoms with Crippen molar-refractivity contribution in [2.45, 2.75) is 19.8 Å². The number of aryl methyl sites for hydroxylation is 2. The lowest BCUT2D eigenvalue weighted by Gasteiger charge is -2.11. The van der Waals surface area contributed by atoms with Gasteiger partial charge in [-0.15, -0.1) is 0 Å². The Hall–Kier alpha value is -2.27. The summed E-state index contributed by atoms with van der Waals surface area (Å²) in [6.07, 6.45) is 2.12. The van der Waals surface area contributed by atoms with E-state index in [4.69, 9.17) is 5.26 Å². The van der Waals surface area contributed by atoms with Gasteiger partial charge in [-0.2, -0.15) is 5.26 Å². The molecule has 0 aliphatic rings. The Balaban J connectivity index is 1.88. The monoisotopic (exact) mass is 250 g/mol. The zero-order valence-corrected chi connectivity index (χ0v) is 11.2. The van der Waals surface area contributed by atoms with E-state index in [0.717, 1.165) is 36.2 Å². The number of nitrogens with one attached hydrogen (secondary N) is 1. The van der Waals surface area contributed by atoms with Gasteiger partial charge in [0.25, 0.3) is 0 Å². The first-order valence-electron chi connectivity index (χ1n) is 6.59. The largest absolute Gasteiger partial charge is 0.384 e. The highest BCUT2D eigenvalue weighted by molar-refractivity contribution is 5.62. The molecule has 0 aliphatic heterocycles. The van der Waals surface area contributed by atoms with Crippen LogP contribution in [0.4, 0.5) is 5.69 Å². The summed E-state index contributed by atoms with van der Waals surface area (Å²) in [6.45, 7) is 2.91. The molecule has 0 radical (unpaired) electrons. The maximum atomic E-state index is 9.09. The minimum atomic E-state index is 0.722. The number of benzene rings is 2. The fraction of sp³-hybridized carbons (Fsp3) is 0.235. The van der Waals surface area contributed by atoms with E-state index in [-0.39, 0.29) is 0 Å². The number of nitrogens with zero attached hydrogens (tertiary/aromatic N) is 1. The van der Waals surface area contributed by atoms with E-state index in [1.165, 1.54) is 5.56 Å². The molecule has 2 aromatic carbocycles. The Labute approximate surface area is 114 Å².